The lowest BCUT2D eigenvalue weighted by Gasteiger charge is -2.25. The Labute approximate surface area is 119 Å². The van der Waals surface area contributed by atoms with Crippen LogP contribution in [0.1, 0.15) is 31.4 Å². The second-order valence-electron chi connectivity index (χ2n) is 5.99. The molecule has 20 heavy (non-hydrogen) atoms. The number of aromatic nitrogens is 3. The minimum absolute atomic E-state index is 0.674. The van der Waals surface area contributed by atoms with Gasteiger partial charge in [-0.1, -0.05) is 0 Å². The van der Waals surface area contributed by atoms with E-state index in [1.165, 1.54) is 37.9 Å². The molecule has 0 aromatic carbocycles. The third-order valence-corrected chi connectivity index (χ3v) is 4.41. The molecule has 1 atom stereocenters. The SMILES string of the molecule is c1cnc2ncc(CN(C[C@H]3CCCN3)C3CC3)n2c1. The van der Waals surface area contributed by atoms with Gasteiger partial charge in [0.05, 0.1) is 11.9 Å². The van der Waals surface area contributed by atoms with Crippen molar-refractivity contribution in [3.8, 4) is 0 Å². The minimum atomic E-state index is 0.674. The molecule has 0 radical (unpaired) electrons. The van der Waals surface area contributed by atoms with E-state index in [9.17, 15) is 0 Å². The van der Waals surface area contributed by atoms with E-state index in [4.69, 9.17) is 0 Å². The average Bonchev–Trinajstić information content (AvgIpc) is 3.05. The molecule has 1 saturated heterocycles. The maximum Gasteiger partial charge on any atom is 0.233 e. The fourth-order valence-corrected chi connectivity index (χ4v) is 3.18. The fraction of sp³-hybridized carbons (Fsp3) is 0.600. The van der Waals surface area contributed by atoms with Gasteiger partial charge in [0.25, 0.3) is 0 Å². The second kappa shape index (κ2) is 5.14. The Balaban J connectivity index is 1.52. The highest BCUT2D eigenvalue weighted by molar-refractivity contribution is 5.30. The summed E-state index contributed by atoms with van der Waals surface area (Å²) >= 11 is 0. The molecule has 1 saturated carbocycles. The van der Waals surface area contributed by atoms with Crippen LogP contribution >= 0.6 is 0 Å². The number of hydrogen-bond acceptors (Lipinski definition) is 4. The van der Waals surface area contributed by atoms with Crippen LogP contribution in [-0.4, -0.2) is 44.4 Å². The third-order valence-electron chi connectivity index (χ3n) is 4.41. The highest BCUT2D eigenvalue weighted by atomic mass is 15.2. The van der Waals surface area contributed by atoms with E-state index in [-0.39, 0.29) is 0 Å². The lowest BCUT2D eigenvalue weighted by molar-refractivity contribution is 0.228. The first-order valence-corrected chi connectivity index (χ1v) is 7.64. The van der Waals surface area contributed by atoms with Gasteiger partial charge in [-0.05, 0) is 38.3 Å². The minimum Gasteiger partial charge on any atom is -0.313 e. The van der Waals surface area contributed by atoms with Crippen molar-refractivity contribution < 1.29 is 0 Å². The molecule has 2 aliphatic rings. The molecule has 1 aliphatic heterocycles. The first kappa shape index (κ1) is 12.3. The van der Waals surface area contributed by atoms with Crippen LogP contribution in [0, 0.1) is 0 Å². The summed E-state index contributed by atoms with van der Waals surface area (Å²) in [7, 11) is 0. The van der Waals surface area contributed by atoms with Crippen molar-refractivity contribution >= 4 is 5.78 Å². The molecule has 1 aliphatic carbocycles. The highest BCUT2D eigenvalue weighted by Crippen LogP contribution is 2.29. The molecule has 5 nitrogen and oxygen atoms in total. The van der Waals surface area contributed by atoms with Gasteiger partial charge in [-0.15, -0.1) is 0 Å². The van der Waals surface area contributed by atoms with Crippen molar-refractivity contribution in [1.82, 2.24) is 24.6 Å². The molecule has 2 aromatic heterocycles. The highest BCUT2D eigenvalue weighted by Gasteiger charge is 2.31. The Morgan fingerprint density at radius 2 is 2.25 bits per heavy atom. The lowest BCUT2D eigenvalue weighted by atomic mass is 10.2. The van der Waals surface area contributed by atoms with Crippen LogP contribution in [0.2, 0.25) is 0 Å². The van der Waals surface area contributed by atoms with Gasteiger partial charge in [0.2, 0.25) is 5.78 Å². The third kappa shape index (κ3) is 2.43. The maximum atomic E-state index is 4.39. The van der Waals surface area contributed by atoms with Crippen molar-refractivity contribution in [2.75, 3.05) is 13.1 Å². The summed E-state index contributed by atoms with van der Waals surface area (Å²) in [5.41, 5.74) is 1.25. The number of hydrogen-bond donors (Lipinski definition) is 1. The van der Waals surface area contributed by atoms with Gasteiger partial charge in [0.1, 0.15) is 0 Å². The van der Waals surface area contributed by atoms with Gasteiger partial charge >= 0.3 is 0 Å². The first-order chi connectivity index (χ1) is 9.90. The van der Waals surface area contributed by atoms with E-state index in [1.807, 2.05) is 12.3 Å². The van der Waals surface area contributed by atoms with Crippen molar-refractivity contribution in [2.24, 2.45) is 0 Å². The first-order valence-electron chi connectivity index (χ1n) is 7.64. The van der Waals surface area contributed by atoms with Crippen LogP contribution in [0.25, 0.3) is 5.78 Å². The van der Waals surface area contributed by atoms with E-state index in [1.54, 1.807) is 6.20 Å². The van der Waals surface area contributed by atoms with Crippen LogP contribution < -0.4 is 5.32 Å². The Morgan fingerprint density at radius 1 is 1.30 bits per heavy atom. The standard InChI is InChI=1S/C15H21N5/c1-3-12(16-6-1)10-19(13-4-5-13)11-14-9-18-15-17-7-2-8-20(14)15/h2,7-9,12-13,16H,1,3-6,10-11H2/t12-/m1/s1. The molecule has 0 spiro atoms. The van der Waals surface area contributed by atoms with Gasteiger partial charge in [0, 0.05) is 37.6 Å². The van der Waals surface area contributed by atoms with Crippen molar-refractivity contribution in [3.63, 3.8) is 0 Å². The number of fused-ring (bicyclic) bond motifs is 1. The van der Waals surface area contributed by atoms with Crippen LogP contribution in [-0.2, 0) is 6.54 Å². The van der Waals surface area contributed by atoms with E-state index in [0.717, 1.165) is 24.9 Å². The van der Waals surface area contributed by atoms with Crippen LogP contribution in [0.4, 0.5) is 0 Å². The topological polar surface area (TPSA) is 45.5 Å². The quantitative estimate of drug-likeness (QED) is 0.894. The Hall–Kier alpha value is -1.46. The lowest BCUT2D eigenvalue weighted by Crippen LogP contribution is -2.38. The van der Waals surface area contributed by atoms with Gasteiger partial charge in [-0.2, -0.15) is 0 Å². The molecule has 0 amide bonds. The normalized spacial score (nSPS) is 22.9. The number of rotatable bonds is 5. The summed E-state index contributed by atoms with van der Waals surface area (Å²) in [5.74, 6) is 0.803. The van der Waals surface area contributed by atoms with Crippen LogP contribution in [0.3, 0.4) is 0 Å². The summed E-state index contributed by atoms with van der Waals surface area (Å²) in [6.07, 6.45) is 11.2. The van der Waals surface area contributed by atoms with Crippen LogP contribution in [0.5, 0.6) is 0 Å². The molecular formula is C15H21N5. The van der Waals surface area contributed by atoms with Gasteiger partial charge in [-0.3, -0.25) is 9.30 Å². The van der Waals surface area contributed by atoms with Gasteiger partial charge < -0.3 is 5.32 Å². The Kier molecular flexibility index (Phi) is 3.16. The van der Waals surface area contributed by atoms with Gasteiger partial charge in [0.15, 0.2) is 0 Å². The summed E-state index contributed by atoms with van der Waals surface area (Å²) in [5, 5.41) is 3.61. The predicted octanol–water partition coefficient (Wildman–Crippen LogP) is 1.45. The molecular weight excluding hydrogens is 250 g/mol. The van der Waals surface area contributed by atoms with Crippen molar-refractivity contribution in [2.45, 2.75) is 44.3 Å². The van der Waals surface area contributed by atoms with Crippen molar-refractivity contribution in [3.05, 3.63) is 30.4 Å². The zero-order valence-corrected chi connectivity index (χ0v) is 11.7. The smallest absolute Gasteiger partial charge is 0.233 e. The molecule has 106 valence electrons. The van der Waals surface area contributed by atoms with Crippen LogP contribution in [0.15, 0.2) is 24.7 Å². The maximum absolute atomic E-state index is 4.39. The molecule has 2 aromatic rings. The van der Waals surface area contributed by atoms with E-state index < -0.39 is 0 Å². The second-order valence-corrected chi connectivity index (χ2v) is 5.99. The molecule has 3 heterocycles. The fourth-order valence-electron chi connectivity index (χ4n) is 3.18. The average molecular weight is 271 g/mol. The predicted molar refractivity (Wildman–Crippen MR) is 77.4 cm³/mol. The summed E-state index contributed by atoms with van der Waals surface area (Å²) in [6.45, 7) is 3.33. The van der Waals surface area contributed by atoms with Crippen molar-refractivity contribution in [1.29, 1.82) is 0 Å². The Bertz CT molecular complexity index is 583. The number of nitrogens with zero attached hydrogens (tertiary/aromatic N) is 4. The molecule has 1 N–H and O–H groups in total. The summed E-state index contributed by atoms with van der Waals surface area (Å²) < 4.78 is 2.11. The molecule has 2 fully saturated rings. The zero-order valence-electron chi connectivity index (χ0n) is 11.7. The summed E-state index contributed by atoms with van der Waals surface area (Å²) in [4.78, 5) is 11.3. The summed E-state index contributed by atoms with van der Waals surface area (Å²) in [6, 6.07) is 3.42. The van der Waals surface area contributed by atoms with E-state index in [0.29, 0.717) is 6.04 Å². The molecule has 0 unspecified atom stereocenters. The number of imidazole rings is 1. The molecule has 4 rings (SSSR count). The van der Waals surface area contributed by atoms with E-state index >= 15 is 0 Å². The number of nitrogens with one attached hydrogen (secondary N) is 1. The largest absolute Gasteiger partial charge is 0.313 e. The zero-order chi connectivity index (χ0) is 13.4. The van der Waals surface area contributed by atoms with Gasteiger partial charge in [-0.25, -0.2) is 9.97 Å². The Morgan fingerprint density at radius 3 is 3.05 bits per heavy atom. The molecule has 0 bridgehead atoms. The molecule has 5 heteroatoms. The monoisotopic (exact) mass is 271 g/mol. The van der Waals surface area contributed by atoms with E-state index in [2.05, 4.69) is 30.8 Å².